The van der Waals surface area contributed by atoms with Crippen LogP contribution >= 0.6 is 0 Å². The number of anilines is 1. The van der Waals surface area contributed by atoms with E-state index in [9.17, 15) is 4.21 Å². The fraction of sp³-hybridized carbons (Fsp3) is 0.600. The van der Waals surface area contributed by atoms with E-state index in [1.165, 1.54) is 0 Å². The Balaban J connectivity index is 2.51. The minimum atomic E-state index is -0.976. The first-order chi connectivity index (χ1) is 7.09. The Kier molecular flexibility index (Phi) is 2.73. The summed E-state index contributed by atoms with van der Waals surface area (Å²) in [5.74, 6) is 1.46. The molecule has 1 aliphatic rings. The second-order valence-corrected chi connectivity index (χ2v) is 5.46. The summed E-state index contributed by atoms with van der Waals surface area (Å²) in [6.45, 7) is 6.93. The maximum atomic E-state index is 11.7. The Labute approximate surface area is 92.2 Å². The lowest BCUT2D eigenvalue weighted by Gasteiger charge is -2.32. The molecule has 2 heterocycles. The third kappa shape index (κ3) is 1.88. The van der Waals surface area contributed by atoms with E-state index in [-0.39, 0.29) is 0 Å². The van der Waals surface area contributed by atoms with Gasteiger partial charge in [-0.05, 0) is 20.8 Å². The Morgan fingerprint density at radius 2 is 2.27 bits per heavy atom. The lowest BCUT2D eigenvalue weighted by molar-refractivity contribution is 0.642. The highest BCUT2D eigenvalue weighted by Crippen LogP contribution is 2.25. The molecule has 1 atom stereocenters. The van der Waals surface area contributed by atoms with E-state index < -0.39 is 10.8 Å². The van der Waals surface area contributed by atoms with Gasteiger partial charge in [-0.25, -0.2) is 9.97 Å². The van der Waals surface area contributed by atoms with Gasteiger partial charge < -0.3 is 4.90 Å². The van der Waals surface area contributed by atoms with Crippen molar-refractivity contribution in [2.75, 3.05) is 17.2 Å². The Morgan fingerprint density at radius 1 is 1.53 bits per heavy atom. The van der Waals surface area contributed by atoms with Crippen molar-refractivity contribution in [3.8, 4) is 0 Å². The molecule has 0 bridgehead atoms. The molecule has 2 rings (SSSR count). The SMILES string of the molecule is Cc1cnc2c(n1)N(C(C)C)CCS2=O. The quantitative estimate of drug-likeness (QED) is 0.718. The first kappa shape index (κ1) is 10.5. The summed E-state index contributed by atoms with van der Waals surface area (Å²) in [5.41, 5.74) is 0.873. The fourth-order valence-corrected chi connectivity index (χ4v) is 2.78. The van der Waals surface area contributed by atoms with Crippen LogP contribution < -0.4 is 4.90 Å². The first-order valence-electron chi connectivity index (χ1n) is 5.08. The largest absolute Gasteiger partial charge is 0.351 e. The lowest BCUT2D eigenvalue weighted by atomic mass is 10.3. The molecule has 82 valence electrons. The molecule has 0 fully saturated rings. The molecule has 1 aromatic heterocycles. The van der Waals surface area contributed by atoms with E-state index in [0.717, 1.165) is 18.1 Å². The van der Waals surface area contributed by atoms with Gasteiger partial charge in [0.05, 0.1) is 16.5 Å². The van der Waals surface area contributed by atoms with Crippen LogP contribution in [0.25, 0.3) is 0 Å². The smallest absolute Gasteiger partial charge is 0.169 e. The standard InChI is InChI=1S/C10H15N3OS/c1-7(2)13-4-5-15(14)10-9(13)12-8(3)6-11-10/h6-7H,4-5H2,1-3H3. The molecular weight excluding hydrogens is 210 g/mol. The molecule has 0 spiro atoms. The van der Waals surface area contributed by atoms with Gasteiger partial charge in [0.2, 0.25) is 0 Å². The van der Waals surface area contributed by atoms with Gasteiger partial charge in [-0.2, -0.15) is 0 Å². The zero-order valence-corrected chi connectivity index (χ0v) is 10.0. The molecule has 0 N–H and O–H groups in total. The van der Waals surface area contributed by atoms with Gasteiger partial charge in [-0.15, -0.1) is 0 Å². The number of fused-ring (bicyclic) bond motifs is 1. The van der Waals surface area contributed by atoms with Crippen LogP contribution in [0.2, 0.25) is 0 Å². The molecule has 0 radical (unpaired) electrons. The van der Waals surface area contributed by atoms with Crippen molar-refractivity contribution in [3.05, 3.63) is 11.9 Å². The third-order valence-electron chi connectivity index (χ3n) is 2.47. The molecule has 15 heavy (non-hydrogen) atoms. The van der Waals surface area contributed by atoms with Crippen LogP contribution in [0.4, 0.5) is 5.82 Å². The van der Waals surface area contributed by atoms with Gasteiger partial charge in [0.25, 0.3) is 0 Å². The summed E-state index contributed by atoms with van der Waals surface area (Å²) in [6.07, 6.45) is 1.68. The molecule has 0 amide bonds. The molecule has 1 aliphatic heterocycles. The van der Waals surface area contributed by atoms with Crippen molar-refractivity contribution >= 4 is 16.6 Å². The molecule has 0 saturated carbocycles. The molecule has 5 heteroatoms. The predicted octanol–water partition coefficient (Wildman–Crippen LogP) is 1.12. The molecular formula is C10H15N3OS. The molecule has 4 nitrogen and oxygen atoms in total. The van der Waals surface area contributed by atoms with E-state index >= 15 is 0 Å². The molecule has 0 aromatic carbocycles. The number of hydrogen-bond donors (Lipinski definition) is 0. The van der Waals surface area contributed by atoms with Crippen LogP contribution in [0, 0.1) is 6.92 Å². The van der Waals surface area contributed by atoms with E-state index in [0.29, 0.717) is 16.8 Å². The number of aryl methyl sites for hydroxylation is 1. The molecule has 0 saturated heterocycles. The average molecular weight is 225 g/mol. The van der Waals surface area contributed by atoms with Crippen molar-refractivity contribution in [3.63, 3.8) is 0 Å². The zero-order valence-electron chi connectivity index (χ0n) is 9.23. The Hall–Kier alpha value is -0.970. The minimum absolute atomic E-state index is 0.372. The highest BCUT2D eigenvalue weighted by atomic mass is 32.2. The van der Waals surface area contributed by atoms with Crippen molar-refractivity contribution < 1.29 is 4.21 Å². The summed E-state index contributed by atoms with van der Waals surface area (Å²) in [6, 6.07) is 0.372. The van der Waals surface area contributed by atoms with Crippen LogP contribution in [0.15, 0.2) is 11.2 Å². The van der Waals surface area contributed by atoms with Crippen molar-refractivity contribution in [2.24, 2.45) is 0 Å². The highest BCUT2D eigenvalue weighted by molar-refractivity contribution is 7.85. The van der Waals surface area contributed by atoms with Crippen LogP contribution in [0.3, 0.4) is 0 Å². The van der Waals surface area contributed by atoms with Crippen LogP contribution in [0.5, 0.6) is 0 Å². The van der Waals surface area contributed by atoms with Crippen molar-refractivity contribution in [2.45, 2.75) is 31.8 Å². The lowest BCUT2D eigenvalue weighted by Crippen LogP contribution is -2.39. The highest BCUT2D eigenvalue weighted by Gasteiger charge is 2.26. The van der Waals surface area contributed by atoms with Crippen LogP contribution in [-0.2, 0) is 10.8 Å². The monoisotopic (exact) mass is 225 g/mol. The van der Waals surface area contributed by atoms with Gasteiger partial charge >= 0.3 is 0 Å². The van der Waals surface area contributed by atoms with Crippen LogP contribution in [-0.4, -0.2) is 32.5 Å². The number of aromatic nitrogens is 2. The van der Waals surface area contributed by atoms with Gasteiger partial charge in [0.15, 0.2) is 10.8 Å². The van der Waals surface area contributed by atoms with Gasteiger partial charge in [0, 0.05) is 24.5 Å². The summed E-state index contributed by atoms with van der Waals surface area (Å²) in [7, 11) is -0.976. The summed E-state index contributed by atoms with van der Waals surface area (Å²) < 4.78 is 11.7. The predicted molar refractivity (Wildman–Crippen MR) is 60.5 cm³/mol. The summed E-state index contributed by atoms with van der Waals surface area (Å²) >= 11 is 0. The Bertz CT molecular complexity index is 406. The summed E-state index contributed by atoms with van der Waals surface area (Å²) in [4.78, 5) is 10.8. The van der Waals surface area contributed by atoms with Gasteiger partial charge in [-0.3, -0.25) is 4.21 Å². The molecule has 0 aliphatic carbocycles. The van der Waals surface area contributed by atoms with Gasteiger partial charge in [-0.1, -0.05) is 0 Å². The molecule has 1 unspecified atom stereocenters. The van der Waals surface area contributed by atoms with E-state index in [1.54, 1.807) is 6.20 Å². The van der Waals surface area contributed by atoms with E-state index in [4.69, 9.17) is 0 Å². The minimum Gasteiger partial charge on any atom is -0.351 e. The number of rotatable bonds is 1. The molecule has 1 aromatic rings. The third-order valence-corrected chi connectivity index (χ3v) is 3.74. The van der Waals surface area contributed by atoms with Crippen LogP contribution in [0.1, 0.15) is 19.5 Å². The number of hydrogen-bond acceptors (Lipinski definition) is 4. The van der Waals surface area contributed by atoms with E-state index in [2.05, 4.69) is 28.7 Å². The number of nitrogens with zero attached hydrogens (tertiary/aromatic N) is 3. The first-order valence-corrected chi connectivity index (χ1v) is 6.40. The summed E-state index contributed by atoms with van der Waals surface area (Å²) in [5, 5.41) is 0.639. The second kappa shape index (κ2) is 3.89. The normalized spacial score (nSPS) is 20.5. The topological polar surface area (TPSA) is 46.1 Å². The second-order valence-electron chi connectivity index (χ2n) is 3.98. The van der Waals surface area contributed by atoms with Crippen molar-refractivity contribution in [1.29, 1.82) is 0 Å². The average Bonchev–Trinajstić information content (AvgIpc) is 2.17. The zero-order chi connectivity index (χ0) is 11.0. The fourth-order valence-electron chi connectivity index (χ4n) is 1.69. The maximum absolute atomic E-state index is 11.7. The Morgan fingerprint density at radius 3 is 2.93 bits per heavy atom. The maximum Gasteiger partial charge on any atom is 0.169 e. The van der Waals surface area contributed by atoms with E-state index in [1.807, 2.05) is 6.92 Å². The van der Waals surface area contributed by atoms with Gasteiger partial charge in [0.1, 0.15) is 0 Å². The van der Waals surface area contributed by atoms with Crippen molar-refractivity contribution in [1.82, 2.24) is 9.97 Å².